The molecule has 21 heavy (non-hydrogen) atoms. The Morgan fingerprint density at radius 1 is 1.33 bits per heavy atom. The summed E-state index contributed by atoms with van der Waals surface area (Å²) >= 11 is 0. The number of aromatic nitrogens is 2. The fraction of sp³-hybridized carbons (Fsp3) is 0.467. The molecule has 112 valence electrons. The van der Waals surface area contributed by atoms with Gasteiger partial charge in [0.05, 0.1) is 5.41 Å². The first-order valence-corrected chi connectivity index (χ1v) is 7.15. The first-order chi connectivity index (χ1) is 10.1. The van der Waals surface area contributed by atoms with E-state index in [4.69, 9.17) is 4.52 Å². The van der Waals surface area contributed by atoms with Crippen LogP contribution in [0.4, 0.5) is 8.78 Å². The minimum absolute atomic E-state index is 0.165. The second-order valence-electron chi connectivity index (χ2n) is 5.47. The molecular weight excluding hydrogens is 276 g/mol. The van der Waals surface area contributed by atoms with Crippen LogP contribution in [0.5, 0.6) is 0 Å². The molecule has 4 nitrogen and oxygen atoms in total. The molecule has 2 aromatic rings. The van der Waals surface area contributed by atoms with Crippen LogP contribution in [-0.2, 0) is 5.41 Å². The number of nitrogens with zero attached hydrogens (tertiary/aromatic N) is 2. The number of hydrogen-bond donors (Lipinski definition) is 1. The molecule has 1 aromatic carbocycles. The van der Waals surface area contributed by atoms with Crippen molar-refractivity contribution in [3.8, 4) is 11.4 Å². The standard InChI is InChI=1S/C15H17F2N3O/c1-2-15(6-3-7-18-9-15)14-19-13(20-21-14)10-4-5-11(16)12(17)8-10/h4-5,8,18H,2-3,6-7,9H2,1H3. The molecule has 3 rings (SSSR count). The summed E-state index contributed by atoms with van der Waals surface area (Å²) in [4.78, 5) is 4.41. The van der Waals surface area contributed by atoms with Crippen LogP contribution in [0.3, 0.4) is 0 Å². The monoisotopic (exact) mass is 293 g/mol. The summed E-state index contributed by atoms with van der Waals surface area (Å²) in [6.07, 6.45) is 2.92. The van der Waals surface area contributed by atoms with Crippen molar-refractivity contribution >= 4 is 0 Å². The molecule has 0 bridgehead atoms. The first-order valence-electron chi connectivity index (χ1n) is 7.15. The molecule has 1 fully saturated rings. The van der Waals surface area contributed by atoms with Crippen molar-refractivity contribution in [1.82, 2.24) is 15.5 Å². The van der Waals surface area contributed by atoms with Gasteiger partial charge >= 0.3 is 0 Å². The zero-order valence-corrected chi connectivity index (χ0v) is 11.8. The second kappa shape index (κ2) is 5.52. The molecule has 1 saturated heterocycles. The summed E-state index contributed by atoms with van der Waals surface area (Å²) in [7, 11) is 0. The van der Waals surface area contributed by atoms with Crippen molar-refractivity contribution in [2.75, 3.05) is 13.1 Å². The fourth-order valence-corrected chi connectivity index (χ4v) is 2.79. The third-order valence-electron chi connectivity index (χ3n) is 4.21. The highest BCUT2D eigenvalue weighted by Gasteiger charge is 2.37. The van der Waals surface area contributed by atoms with Crippen LogP contribution in [0.1, 0.15) is 32.1 Å². The van der Waals surface area contributed by atoms with E-state index in [-0.39, 0.29) is 5.41 Å². The largest absolute Gasteiger partial charge is 0.338 e. The van der Waals surface area contributed by atoms with E-state index in [0.29, 0.717) is 17.3 Å². The summed E-state index contributed by atoms with van der Waals surface area (Å²) in [5.74, 6) is -0.938. The number of benzene rings is 1. The molecule has 1 aliphatic heterocycles. The lowest BCUT2D eigenvalue weighted by Gasteiger charge is -2.33. The Bertz CT molecular complexity index is 636. The van der Waals surface area contributed by atoms with Gasteiger partial charge in [-0.3, -0.25) is 0 Å². The molecule has 1 aromatic heterocycles. The molecule has 0 spiro atoms. The average Bonchev–Trinajstić information content (AvgIpc) is 3.01. The molecule has 1 N–H and O–H groups in total. The van der Waals surface area contributed by atoms with Crippen LogP contribution in [-0.4, -0.2) is 23.2 Å². The summed E-state index contributed by atoms with van der Waals surface area (Å²) < 4.78 is 31.7. The van der Waals surface area contributed by atoms with Gasteiger partial charge in [0, 0.05) is 12.1 Å². The van der Waals surface area contributed by atoms with Crippen LogP contribution in [0.15, 0.2) is 22.7 Å². The Morgan fingerprint density at radius 2 is 2.19 bits per heavy atom. The van der Waals surface area contributed by atoms with Gasteiger partial charge in [-0.1, -0.05) is 12.1 Å². The van der Waals surface area contributed by atoms with Crippen molar-refractivity contribution in [3.63, 3.8) is 0 Å². The first kappa shape index (κ1) is 14.1. The fourth-order valence-electron chi connectivity index (χ4n) is 2.79. The lowest BCUT2D eigenvalue weighted by molar-refractivity contribution is 0.221. The van der Waals surface area contributed by atoms with E-state index in [1.807, 2.05) is 0 Å². The van der Waals surface area contributed by atoms with Gasteiger partial charge in [0.15, 0.2) is 11.6 Å². The van der Waals surface area contributed by atoms with Gasteiger partial charge in [-0.05, 0) is 44.0 Å². The minimum atomic E-state index is -0.914. The van der Waals surface area contributed by atoms with E-state index in [9.17, 15) is 8.78 Å². The van der Waals surface area contributed by atoms with Gasteiger partial charge in [0.25, 0.3) is 0 Å². The van der Waals surface area contributed by atoms with E-state index in [2.05, 4.69) is 22.4 Å². The van der Waals surface area contributed by atoms with Gasteiger partial charge < -0.3 is 9.84 Å². The van der Waals surface area contributed by atoms with E-state index in [1.165, 1.54) is 6.07 Å². The van der Waals surface area contributed by atoms with Crippen LogP contribution < -0.4 is 5.32 Å². The Balaban J connectivity index is 1.93. The maximum Gasteiger partial charge on any atom is 0.234 e. The molecule has 1 unspecified atom stereocenters. The average molecular weight is 293 g/mol. The quantitative estimate of drug-likeness (QED) is 0.945. The highest BCUT2D eigenvalue weighted by Crippen LogP contribution is 2.34. The molecule has 0 amide bonds. The molecule has 0 saturated carbocycles. The van der Waals surface area contributed by atoms with Crippen LogP contribution in [0.25, 0.3) is 11.4 Å². The summed E-state index contributed by atoms with van der Waals surface area (Å²) in [6, 6.07) is 3.60. The molecule has 0 aliphatic carbocycles. The van der Waals surface area contributed by atoms with E-state index < -0.39 is 11.6 Å². The number of halogens is 2. The number of hydrogen-bond acceptors (Lipinski definition) is 4. The SMILES string of the molecule is CCC1(c2nc(-c3ccc(F)c(F)c3)no2)CCCNC1. The molecule has 1 atom stereocenters. The molecule has 0 radical (unpaired) electrons. The lowest BCUT2D eigenvalue weighted by Crippen LogP contribution is -2.43. The Kier molecular flexibility index (Phi) is 3.71. The highest BCUT2D eigenvalue weighted by molar-refractivity contribution is 5.54. The second-order valence-corrected chi connectivity index (χ2v) is 5.47. The van der Waals surface area contributed by atoms with Gasteiger partial charge in [-0.25, -0.2) is 8.78 Å². The zero-order chi connectivity index (χ0) is 14.9. The maximum atomic E-state index is 13.3. The van der Waals surface area contributed by atoms with Crippen molar-refractivity contribution in [2.24, 2.45) is 0 Å². The van der Waals surface area contributed by atoms with Crippen molar-refractivity contribution in [1.29, 1.82) is 0 Å². The molecule has 2 heterocycles. The summed E-state index contributed by atoms with van der Waals surface area (Å²) in [6.45, 7) is 3.88. The van der Waals surface area contributed by atoms with Crippen LogP contribution in [0, 0.1) is 11.6 Å². The summed E-state index contributed by atoms with van der Waals surface area (Å²) in [5.41, 5.74) is 0.251. The van der Waals surface area contributed by atoms with E-state index >= 15 is 0 Å². The van der Waals surface area contributed by atoms with Gasteiger partial charge in [0.2, 0.25) is 11.7 Å². The van der Waals surface area contributed by atoms with Crippen molar-refractivity contribution < 1.29 is 13.3 Å². The predicted molar refractivity (Wildman–Crippen MR) is 73.7 cm³/mol. The van der Waals surface area contributed by atoms with Gasteiger partial charge in [-0.15, -0.1) is 0 Å². The maximum absolute atomic E-state index is 13.3. The van der Waals surface area contributed by atoms with E-state index in [1.54, 1.807) is 0 Å². The smallest absolute Gasteiger partial charge is 0.234 e. The Hall–Kier alpha value is -1.82. The topological polar surface area (TPSA) is 51.0 Å². The third-order valence-corrected chi connectivity index (χ3v) is 4.21. The Labute approximate surface area is 121 Å². The van der Waals surface area contributed by atoms with Gasteiger partial charge in [0.1, 0.15) is 0 Å². The highest BCUT2D eigenvalue weighted by atomic mass is 19.2. The number of nitrogens with one attached hydrogen (secondary N) is 1. The van der Waals surface area contributed by atoms with E-state index in [0.717, 1.165) is 44.5 Å². The van der Waals surface area contributed by atoms with Crippen molar-refractivity contribution in [3.05, 3.63) is 35.7 Å². The number of rotatable bonds is 3. The minimum Gasteiger partial charge on any atom is -0.338 e. The number of piperidine rings is 1. The normalized spacial score (nSPS) is 22.4. The molecular formula is C15H17F2N3O. The summed E-state index contributed by atoms with van der Waals surface area (Å²) in [5, 5.41) is 7.28. The third kappa shape index (κ3) is 2.55. The predicted octanol–water partition coefficient (Wildman–Crippen LogP) is 3.05. The molecule has 1 aliphatic rings. The van der Waals surface area contributed by atoms with Crippen LogP contribution >= 0.6 is 0 Å². The van der Waals surface area contributed by atoms with Crippen LogP contribution in [0.2, 0.25) is 0 Å². The molecule has 6 heteroatoms. The zero-order valence-electron chi connectivity index (χ0n) is 11.8. The van der Waals surface area contributed by atoms with Crippen molar-refractivity contribution in [2.45, 2.75) is 31.6 Å². The van der Waals surface area contributed by atoms with Gasteiger partial charge in [-0.2, -0.15) is 4.98 Å². The Morgan fingerprint density at radius 3 is 2.86 bits per heavy atom. The lowest BCUT2D eigenvalue weighted by atomic mass is 9.78.